The fourth-order valence-electron chi connectivity index (χ4n) is 5.45. The molecule has 4 aromatic carbocycles. The number of nitrogens with zero attached hydrogens (tertiary/aromatic N) is 1. The molecule has 0 unspecified atom stereocenters. The summed E-state index contributed by atoms with van der Waals surface area (Å²) in [7, 11) is -1.88. The standard InChI is InChI=1S/C35H41N2O3P/c38-27-25-37(26-28-39)31-22-20-30(21-23-31)12-10-19-35(40)36-24-11-29-41(32-13-4-1-5-14-32,33-15-6-2-7-16-33)34-17-8-3-9-18-34/h1-9,13-18,20-23,38-39H,10-12,19,24-29H2/p+1. The number of benzene rings is 4. The Labute approximate surface area is 245 Å². The third kappa shape index (κ3) is 8.27. The molecule has 0 fully saturated rings. The van der Waals surface area contributed by atoms with E-state index in [1.54, 1.807) is 0 Å². The van der Waals surface area contributed by atoms with Gasteiger partial charge in [0.15, 0.2) is 0 Å². The molecule has 1 amide bonds. The average Bonchev–Trinajstić information content (AvgIpc) is 3.03. The van der Waals surface area contributed by atoms with Crippen molar-refractivity contribution < 1.29 is 15.0 Å². The second-order valence-electron chi connectivity index (χ2n) is 10.2. The zero-order valence-electron chi connectivity index (χ0n) is 23.7. The minimum absolute atomic E-state index is 0.0460. The van der Waals surface area contributed by atoms with Crippen LogP contribution in [0.1, 0.15) is 24.8 Å². The molecule has 0 aliphatic heterocycles. The van der Waals surface area contributed by atoms with Crippen molar-refractivity contribution in [2.24, 2.45) is 0 Å². The van der Waals surface area contributed by atoms with Gasteiger partial charge in [-0.15, -0.1) is 0 Å². The fourth-order valence-corrected chi connectivity index (χ4v) is 9.80. The van der Waals surface area contributed by atoms with E-state index < -0.39 is 7.26 Å². The summed E-state index contributed by atoms with van der Waals surface area (Å²) >= 11 is 0. The highest BCUT2D eigenvalue weighted by Crippen LogP contribution is 2.55. The van der Waals surface area contributed by atoms with E-state index in [-0.39, 0.29) is 19.1 Å². The normalized spacial score (nSPS) is 11.3. The van der Waals surface area contributed by atoms with Crippen LogP contribution in [0.4, 0.5) is 5.69 Å². The Morgan fingerprint density at radius 1 is 0.659 bits per heavy atom. The van der Waals surface area contributed by atoms with Crippen LogP contribution >= 0.6 is 7.26 Å². The van der Waals surface area contributed by atoms with Gasteiger partial charge in [-0.2, -0.15) is 0 Å². The van der Waals surface area contributed by atoms with Crippen LogP contribution in [0.25, 0.3) is 0 Å². The van der Waals surface area contributed by atoms with Gasteiger partial charge in [-0.1, -0.05) is 66.7 Å². The van der Waals surface area contributed by atoms with E-state index >= 15 is 0 Å². The van der Waals surface area contributed by atoms with E-state index in [0.29, 0.717) is 26.1 Å². The van der Waals surface area contributed by atoms with Gasteiger partial charge >= 0.3 is 0 Å². The Kier molecular flexibility index (Phi) is 11.9. The Bertz CT molecular complexity index is 1200. The zero-order valence-corrected chi connectivity index (χ0v) is 24.6. The molecule has 0 bridgehead atoms. The summed E-state index contributed by atoms with van der Waals surface area (Å²) in [6.07, 6.45) is 4.01. The first-order valence-corrected chi connectivity index (χ1v) is 16.5. The van der Waals surface area contributed by atoms with Gasteiger partial charge in [-0.25, -0.2) is 0 Å². The first-order chi connectivity index (χ1) is 20.2. The van der Waals surface area contributed by atoms with Crippen LogP contribution in [0.15, 0.2) is 115 Å². The predicted octanol–water partition coefficient (Wildman–Crippen LogP) is 4.30. The Morgan fingerprint density at radius 2 is 1.15 bits per heavy atom. The first-order valence-electron chi connectivity index (χ1n) is 14.5. The van der Waals surface area contributed by atoms with Crippen molar-refractivity contribution in [3.8, 4) is 0 Å². The number of rotatable bonds is 16. The minimum atomic E-state index is -1.88. The molecule has 0 spiro atoms. The maximum Gasteiger partial charge on any atom is 0.220 e. The van der Waals surface area contributed by atoms with Crippen molar-refractivity contribution in [3.63, 3.8) is 0 Å². The van der Waals surface area contributed by atoms with Crippen molar-refractivity contribution in [1.29, 1.82) is 0 Å². The number of carbonyl (C=O) groups excluding carboxylic acids is 1. The smallest absolute Gasteiger partial charge is 0.220 e. The molecule has 0 heterocycles. The molecule has 41 heavy (non-hydrogen) atoms. The van der Waals surface area contributed by atoms with Crippen molar-refractivity contribution >= 4 is 34.8 Å². The maximum absolute atomic E-state index is 12.7. The molecule has 0 aliphatic rings. The van der Waals surface area contributed by atoms with Crippen molar-refractivity contribution in [1.82, 2.24) is 5.32 Å². The lowest BCUT2D eigenvalue weighted by atomic mass is 10.1. The summed E-state index contributed by atoms with van der Waals surface area (Å²) in [6.45, 7) is 1.73. The van der Waals surface area contributed by atoms with Gasteiger partial charge in [0.2, 0.25) is 5.91 Å². The predicted molar refractivity (Wildman–Crippen MR) is 173 cm³/mol. The maximum atomic E-state index is 12.7. The number of carbonyl (C=O) groups is 1. The third-order valence-corrected chi connectivity index (χ3v) is 12.0. The van der Waals surface area contributed by atoms with Crippen molar-refractivity contribution in [3.05, 3.63) is 121 Å². The zero-order chi connectivity index (χ0) is 28.8. The van der Waals surface area contributed by atoms with Crippen LogP contribution < -0.4 is 26.1 Å². The molecular formula is C35H42N2O3P+. The lowest BCUT2D eigenvalue weighted by molar-refractivity contribution is -0.121. The average molecular weight is 570 g/mol. The van der Waals surface area contributed by atoms with E-state index in [9.17, 15) is 15.0 Å². The Balaban J connectivity index is 1.33. The summed E-state index contributed by atoms with van der Waals surface area (Å²) in [5.41, 5.74) is 2.16. The number of hydrogen-bond acceptors (Lipinski definition) is 4. The monoisotopic (exact) mass is 569 g/mol. The topological polar surface area (TPSA) is 72.8 Å². The van der Waals surface area contributed by atoms with Gasteiger partial charge in [0, 0.05) is 31.7 Å². The minimum Gasteiger partial charge on any atom is -0.395 e. The number of anilines is 1. The van der Waals surface area contributed by atoms with Gasteiger partial charge in [0.1, 0.15) is 23.2 Å². The fraction of sp³-hybridized carbons (Fsp3) is 0.286. The lowest BCUT2D eigenvalue weighted by Crippen LogP contribution is -2.34. The quantitative estimate of drug-likeness (QED) is 0.139. The molecule has 214 valence electrons. The van der Waals surface area contributed by atoms with Gasteiger partial charge in [0.05, 0.1) is 19.4 Å². The van der Waals surface area contributed by atoms with E-state index in [2.05, 4.69) is 108 Å². The Morgan fingerprint density at radius 3 is 1.61 bits per heavy atom. The van der Waals surface area contributed by atoms with Crippen LogP contribution in [0.2, 0.25) is 0 Å². The second-order valence-corrected chi connectivity index (χ2v) is 13.8. The summed E-state index contributed by atoms with van der Waals surface area (Å²) in [4.78, 5) is 14.7. The number of nitrogens with one attached hydrogen (secondary N) is 1. The number of aliphatic hydroxyl groups is 2. The molecule has 0 radical (unpaired) electrons. The van der Waals surface area contributed by atoms with Gasteiger partial charge < -0.3 is 20.4 Å². The molecule has 3 N–H and O–H groups in total. The van der Waals surface area contributed by atoms with Crippen LogP contribution in [-0.4, -0.2) is 55.1 Å². The lowest BCUT2D eigenvalue weighted by Gasteiger charge is -2.27. The second kappa shape index (κ2) is 16.1. The number of hydrogen-bond donors (Lipinski definition) is 3. The van der Waals surface area contributed by atoms with Crippen LogP contribution in [-0.2, 0) is 11.2 Å². The summed E-state index contributed by atoms with van der Waals surface area (Å²) in [5, 5.41) is 25.8. The number of aliphatic hydroxyl groups excluding tert-OH is 2. The van der Waals surface area contributed by atoms with Crippen LogP contribution in [0.3, 0.4) is 0 Å². The molecule has 0 saturated heterocycles. The SMILES string of the molecule is O=C(CCCc1ccc(N(CCO)CCO)cc1)NCCC[P+](c1ccccc1)(c1ccccc1)c1ccccc1. The molecule has 0 aromatic heterocycles. The summed E-state index contributed by atoms with van der Waals surface area (Å²) in [5.74, 6) is 0.0988. The molecule has 0 atom stereocenters. The highest BCUT2D eigenvalue weighted by molar-refractivity contribution is 7.95. The molecular weight excluding hydrogens is 527 g/mol. The van der Waals surface area contributed by atoms with Gasteiger partial charge in [-0.05, 0) is 73.4 Å². The molecule has 5 nitrogen and oxygen atoms in total. The van der Waals surface area contributed by atoms with E-state index in [1.165, 1.54) is 21.5 Å². The molecule has 0 aliphatic carbocycles. The number of aryl methyl sites for hydroxylation is 1. The van der Waals surface area contributed by atoms with Gasteiger partial charge in [-0.3, -0.25) is 4.79 Å². The summed E-state index contributed by atoms with van der Waals surface area (Å²) < 4.78 is 0. The highest BCUT2D eigenvalue weighted by atomic mass is 31.2. The highest BCUT2D eigenvalue weighted by Gasteiger charge is 2.44. The van der Waals surface area contributed by atoms with Gasteiger partial charge in [0.25, 0.3) is 0 Å². The third-order valence-electron chi connectivity index (χ3n) is 7.49. The largest absolute Gasteiger partial charge is 0.395 e. The van der Waals surface area contributed by atoms with Crippen molar-refractivity contribution in [2.45, 2.75) is 25.7 Å². The molecule has 6 heteroatoms. The van der Waals surface area contributed by atoms with Crippen LogP contribution in [0, 0.1) is 0 Å². The van der Waals surface area contributed by atoms with E-state index in [4.69, 9.17) is 0 Å². The Hall–Kier alpha value is -3.50. The van der Waals surface area contributed by atoms with Crippen molar-refractivity contribution in [2.75, 3.05) is 43.9 Å². The van der Waals surface area contributed by atoms with Crippen LogP contribution in [0.5, 0.6) is 0 Å². The molecule has 0 saturated carbocycles. The van der Waals surface area contributed by atoms with E-state index in [0.717, 1.165) is 31.1 Å². The molecule has 4 aromatic rings. The number of amides is 1. The first kappa shape index (κ1) is 30.5. The molecule has 4 rings (SSSR count). The summed E-state index contributed by atoms with van der Waals surface area (Å²) in [6, 6.07) is 40.7. The van der Waals surface area contributed by atoms with E-state index in [1.807, 2.05) is 17.0 Å².